The van der Waals surface area contributed by atoms with Crippen LogP contribution < -0.4 is 14.8 Å². The molecule has 0 saturated carbocycles. The number of aromatic nitrogens is 5. The van der Waals surface area contributed by atoms with E-state index in [4.69, 9.17) is 9.47 Å². The van der Waals surface area contributed by atoms with Gasteiger partial charge in [-0.25, -0.2) is 4.52 Å². The van der Waals surface area contributed by atoms with Gasteiger partial charge in [-0.3, -0.25) is 0 Å². The van der Waals surface area contributed by atoms with E-state index in [0.29, 0.717) is 24.2 Å². The molecule has 1 N–H and O–H groups in total. The Morgan fingerprint density at radius 3 is 2.63 bits per heavy atom. The van der Waals surface area contributed by atoms with E-state index in [9.17, 15) is 0 Å². The Morgan fingerprint density at radius 1 is 1.04 bits per heavy atom. The van der Waals surface area contributed by atoms with Crippen LogP contribution in [-0.2, 0) is 13.2 Å². The average Bonchev–Trinajstić information content (AvgIpc) is 3.32. The van der Waals surface area contributed by atoms with Crippen molar-refractivity contribution in [3.8, 4) is 11.6 Å². The molecular weight excluding hydrogens is 344 g/mol. The van der Waals surface area contributed by atoms with Gasteiger partial charge in [0.15, 0.2) is 0 Å². The minimum Gasteiger partial charge on any atom is -0.497 e. The van der Waals surface area contributed by atoms with Crippen molar-refractivity contribution in [1.29, 1.82) is 0 Å². The second-order valence-corrected chi connectivity index (χ2v) is 5.94. The van der Waals surface area contributed by atoms with Gasteiger partial charge in [0.05, 0.1) is 12.8 Å². The first-order valence-electron chi connectivity index (χ1n) is 8.65. The van der Waals surface area contributed by atoms with Crippen LogP contribution in [0, 0.1) is 0 Å². The van der Waals surface area contributed by atoms with Crippen molar-refractivity contribution >= 4 is 17.4 Å². The lowest BCUT2D eigenvalue weighted by Crippen LogP contribution is -1.99. The number of hydrogen-bond acceptors (Lipinski definition) is 6. The third-order valence-electron chi connectivity index (χ3n) is 4.10. The molecule has 4 rings (SSSR count). The Balaban J connectivity index is 1.45. The van der Waals surface area contributed by atoms with Crippen LogP contribution in [0.4, 0.5) is 11.6 Å². The van der Waals surface area contributed by atoms with Gasteiger partial charge in [-0.05, 0) is 30.7 Å². The summed E-state index contributed by atoms with van der Waals surface area (Å²) in [5, 5.41) is 7.55. The number of rotatable bonds is 7. The molecule has 1 aromatic carbocycles. The van der Waals surface area contributed by atoms with Gasteiger partial charge >= 0.3 is 0 Å². The fraction of sp³-hybridized carbons (Fsp3) is 0.211. The van der Waals surface area contributed by atoms with Crippen molar-refractivity contribution in [2.75, 3.05) is 12.4 Å². The molecule has 0 bridgehead atoms. The molecule has 0 unspecified atom stereocenters. The Morgan fingerprint density at radius 2 is 1.89 bits per heavy atom. The van der Waals surface area contributed by atoms with E-state index in [1.807, 2.05) is 42.7 Å². The smallest absolute Gasteiger partial charge is 0.257 e. The first kappa shape index (κ1) is 16.9. The van der Waals surface area contributed by atoms with Gasteiger partial charge in [0.1, 0.15) is 12.4 Å². The van der Waals surface area contributed by atoms with E-state index in [2.05, 4.69) is 31.9 Å². The van der Waals surface area contributed by atoms with Crippen LogP contribution >= 0.6 is 0 Å². The molecule has 0 aliphatic heterocycles. The van der Waals surface area contributed by atoms with Gasteiger partial charge in [-0.2, -0.15) is 9.97 Å². The second kappa shape index (κ2) is 7.36. The molecule has 8 nitrogen and oxygen atoms in total. The number of aryl methyl sites for hydroxylation is 1. The minimum atomic E-state index is 0.414. The van der Waals surface area contributed by atoms with Gasteiger partial charge in [0.25, 0.3) is 5.78 Å². The highest BCUT2D eigenvalue weighted by Gasteiger charge is 2.08. The summed E-state index contributed by atoms with van der Waals surface area (Å²) in [5.74, 6) is 2.27. The first-order chi connectivity index (χ1) is 13.2. The van der Waals surface area contributed by atoms with Gasteiger partial charge in [0, 0.05) is 31.2 Å². The Hall–Kier alpha value is -3.55. The summed E-state index contributed by atoms with van der Waals surface area (Å²) in [6, 6.07) is 11.5. The summed E-state index contributed by atoms with van der Waals surface area (Å²) in [4.78, 5) is 8.81. The van der Waals surface area contributed by atoms with E-state index in [-0.39, 0.29) is 0 Å². The fourth-order valence-electron chi connectivity index (χ4n) is 2.61. The first-order valence-corrected chi connectivity index (χ1v) is 8.65. The highest BCUT2D eigenvalue weighted by molar-refractivity contribution is 5.53. The quantitative estimate of drug-likeness (QED) is 0.542. The number of methoxy groups -OCH3 is 1. The Labute approximate surface area is 156 Å². The van der Waals surface area contributed by atoms with Crippen molar-refractivity contribution in [3.63, 3.8) is 0 Å². The minimum absolute atomic E-state index is 0.414. The maximum absolute atomic E-state index is 5.76. The summed E-state index contributed by atoms with van der Waals surface area (Å²) in [7, 11) is 1.64. The van der Waals surface area contributed by atoms with E-state index in [1.54, 1.807) is 23.9 Å². The highest BCUT2D eigenvalue weighted by atomic mass is 16.5. The van der Waals surface area contributed by atoms with E-state index >= 15 is 0 Å². The number of nitrogens with zero attached hydrogens (tertiary/aromatic N) is 5. The van der Waals surface area contributed by atoms with E-state index in [0.717, 1.165) is 23.5 Å². The molecule has 27 heavy (non-hydrogen) atoms. The Kier molecular flexibility index (Phi) is 4.61. The van der Waals surface area contributed by atoms with Crippen LogP contribution in [0.15, 0.2) is 55.0 Å². The molecule has 0 saturated heterocycles. The van der Waals surface area contributed by atoms with Crippen molar-refractivity contribution in [2.45, 2.75) is 20.1 Å². The molecular formula is C19H20N6O2. The lowest BCUT2D eigenvalue weighted by Gasteiger charge is -2.06. The van der Waals surface area contributed by atoms with Crippen LogP contribution in [0.5, 0.6) is 11.6 Å². The molecule has 138 valence electrons. The largest absolute Gasteiger partial charge is 0.497 e. The molecule has 0 aliphatic carbocycles. The van der Waals surface area contributed by atoms with Crippen LogP contribution in [0.2, 0.25) is 0 Å². The number of hydrogen-bond donors (Lipinski definition) is 1. The zero-order valence-corrected chi connectivity index (χ0v) is 15.2. The molecule has 3 aromatic heterocycles. The highest BCUT2D eigenvalue weighted by Crippen LogP contribution is 2.17. The normalized spacial score (nSPS) is 10.9. The summed E-state index contributed by atoms with van der Waals surface area (Å²) >= 11 is 0. The Bertz CT molecular complexity index is 1040. The molecule has 8 heteroatoms. The average molecular weight is 364 g/mol. The molecule has 0 aliphatic rings. The van der Waals surface area contributed by atoms with E-state index < -0.39 is 0 Å². The molecule has 0 spiro atoms. The number of nitrogens with one attached hydrogen (secondary N) is 1. The molecule has 0 fully saturated rings. The van der Waals surface area contributed by atoms with Gasteiger partial charge in [0.2, 0.25) is 11.8 Å². The third kappa shape index (κ3) is 3.84. The summed E-state index contributed by atoms with van der Waals surface area (Å²) in [6.45, 7) is 3.41. The number of benzene rings is 1. The number of anilines is 2. The zero-order chi connectivity index (χ0) is 18.6. The van der Waals surface area contributed by atoms with Crippen LogP contribution in [-0.4, -0.2) is 31.3 Å². The topological polar surface area (TPSA) is 78.5 Å². The maximum atomic E-state index is 5.76. The fourth-order valence-corrected chi connectivity index (χ4v) is 2.61. The van der Waals surface area contributed by atoms with Crippen molar-refractivity contribution < 1.29 is 9.47 Å². The molecule has 0 amide bonds. The van der Waals surface area contributed by atoms with Gasteiger partial charge in [-0.15, -0.1) is 5.10 Å². The summed E-state index contributed by atoms with van der Waals surface area (Å²) in [6.07, 6.45) is 5.78. The predicted octanol–water partition coefficient (Wildman–Crippen LogP) is 3.28. The molecule has 0 radical (unpaired) electrons. The lowest BCUT2D eigenvalue weighted by atomic mass is 10.2. The summed E-state index contributed by atoms with van der Waals surface area (Å²) in [5.41, 5.74) is 1.96. The number of ether oxygens (including phenoxy) is 2. The number of fused-ring (bicyclic) bond motifs is 1. The lowest BCUT2D eigenvalue weighted by molar-refractivity contribution is 0.293. The van der Waals surface area contributed by atoms with E-state index in [1.165, 1.54) is 0 Å². The summed E-state index contributed by atoms with van der Waals surface area (Å²) < 4.78 is 14.6. The molecule has 0 atom stereocenters. The SMILES string of the molecule is CCn1ccc(Nc2nc3nc(OCc4ccc(OC)cc4)ccn3n2)c1. The van der Waals surface area contributed by atoms with Crippen molar-refractivity contribution in [2.24, 2.45) is 0 Å². The molecule has 4 aromatic rings. The van der Waals surface area contributed by atoms with Crippen molar-refractivity contribution in [3.05, 3.63) is 60.6 Å². The maximum Gasteiger partial charge on any atom is 0.257 e. The zero-order valence-electron chi connectivity index (χ0n) is 15.2. The molecule has 3 heterocycles. The van der Waals surface area contributed by atoms with Gasteiger partial charge < -0.3 is 19.4 Å². The van der Waals surface area contributed by atoms with Crippen LogP contribution in [0.1, 0.15) is 12.5 Å². The van der Waals surface area contributed by atoms with Crippen LogP contribution in [0.3, 0.4) is 0 Å². The third-order valence-corrected chi connectivity index (χ3v) is 4.10. The monoisotopic (exact) mass is 364 g/mol. The van der Waals surface area contributed by atoms with Gasteiger partial charge in [-0.1, -0.05) is 12.1 Å². The van der Waals surface area contributed by atoms with Crippen LogP contribution in [0.25, 0.3) is 5.78 Å². The second-order valence-electron chi connectivity index (χ2n) is 5.94. The van der Waals surface area contributed by atoms with Crippen molar-refractivity contribution in [1.82, 2.24) is 24.1 Å². The predicted molar refractivity (Wildman–Crippen MR) is 101 cm³/mol. The standard InChI is InChI=1S/C19H20N6O2/c1-3-24-10-8-15(12-24)20-18-22-19-21-17(9-11-25(19)23-18)27-13-14-4-6-16(26-2)7-5-14/h4-12H,3,13H2,1-2H3,(H,20,23).